The van der Waals surface area contributed by atoms with Gasteiger partial charge in [0, 0.05) is 22.7 Å². The molecule has 0 fully saturated rings. The van der Waals surface area contributed by atoms with E-state index >= 15 is 0 Å². The van der Waals surface area contributed by atoms with Crippen molar-refractivity contribution >= 4 is 23.2 Å². The van der Waals surface area contributed by atoms with E-state index < -0.39 is 42.4 Å². The lowest BCUT2D eigenvalue weighted by atomic mass is 10.0. The Morgan fingerprint density at radius 2 is 1.78 bits per heavy atom. The minimum atomic E-state index is -0.850. The molecule has 0 spiro atoms. The monoisotopic (exact) mass is 462 g/mol. The first-order valence-electron chi connectivity index (χ1n) is 9.97. The molecule has 0 saturated carbocycles. The number of rotatable bonds is 8. The van der Waals surface area contributed by atoms with Crippen LogP contribution >= 0.6 is 11.6 Å². The highest BCUT2D eigenvalue weighted by molar-refractivity contribution is 6.30. The van der Waals surface area contributed by atoms with Crippen molar-refractivity contribution in [3.63, 3.8) is 0 Å². The lowest BCUT2D eigenvalue weighted by Gasteiger charge is -2.23. The van der Waals surface area contributed by atoms with Crippen molar-refractivity contribution in [2.24, 2.45) is 5.92 Å². The molecular formula is C22H24ClFN4O4. The number of aliphatic hydroxyl groups is 2. The summed E-state index contributed by atoms with van der Waals surface area (Å²) in [5.74, 6) is -1.24. The van der Waals surface area contributed by atoms with Crippen LogP contribution < -0.4 is 16.7 Å². The largest absolute Gasteiger partial charge is 0.396 e. The lowest BCUT2D eigenvalue weighted by Crippen LogP contribution is -2.46. The molecule has 0 aliphatic heterocycles. The zero-order valence-corrected chi connectivity index (χ0v) is 18.4. The minimum Gasteiger partial charge on any atom is -0.396 e. The van der Waals surface area contributed by atoms with E-state index in [-0.39, 0.29) is 12.5 Å². The first-order valence-corrected chi connectivity index (χ1v) is 10.4. The Morgan fingerprint density at radius 1 is 1.12 bits per heavy atom. The van der Waals surface area contributed by atoms with E-state index in [1.165, 1.54) is 10.6 Å². The van der Waals surface area contributed by atoms with Crippen LogP contribution in [-0.2, 0) is 6.54 Å². The molecule has 2 aromatic carbocycles. The molecule has 0 radical (unpaired) electrons. The molecule has 0 aliphatic rings. The number of halogens is 2. The summed E-state index contributed by atoms with van der Waals surface area (Å²) >= 11 is 5.94. The van der Waals surface area contributed by atoms with E-state index in [9.17, 15) is 24.2 Å². The second kappa shape index (κ2) is 10.1. The van der Waals surface area contributed by atoms with Crippen molar-refractivity contribution in [1.29, 1.82) is 0 Å². The molecule has 1 unspecified atom stereocenters. The van der Waals surface area contributed by atoms with Gasteiger partial charge in [-0.3, -0.25) is 4.57 Å². The molecule has 0 bridgehead atoms. The molecule has 32 heavy (non-hydrogen) atoms. The van der Waals surface area contributed by atoms with Crippen molar-refractivity contribution < 1.29 is 14.6 Å². The van der Waals surface area contributed by atoms with Crippen molar-refractivity contribution in [2.45, 2.75) is 26.4 Å². The van der Waals surface area contributed by atoms with Crippen LogP contribution in [0.4, 0.5) is 16.0 Å². The summed E-state index contributed by atoms with van der Waals surface area (Å²) in [6.45, 7) is 2.40. The van der Waals surface area contributed by atoms with Crippen molar-refractivity contribution in [1.82, 2.24) is 14.1 Å². The van der Waals surface area contributed by atoms with Crippen molar-refractivity contribution in [2.75, 3.05) is 18.5 Å². The SMILES string of the molecule is Cc1ccc(Nc2nc(=O)n(C(C)C(CO)CO)c(=O)n2Cc2ccc(Cl)cc2)cc1F. The van der Waals surface area contributed by atoms with Crippen LogP contribution in [0.5, 0.6) is 0 Å². The van der Waals surface area contributed by atoms with E-state index in [2.05, 4.69) is 10.3 Å². The minimum absolute atomic E-state index is 0.0512. The summed E-state index contributed by atoms with van der Waals surface area (Å²) in [5, 5.41) is 22.4. The van der Waals surface area contributed by atoms with Crippen LogP contribution in [0.2, 0.25) is 5.02 Å². The smallest absolute Gasteiger partial charge is 0.355 e. The molecule has 170 valence electrons. The molecule has 3 rings (SSSR count). The number of nitrogens with one attached hydrogen (secondary N) is 1. The Hall–Kier alpha value is -3.01. The predicted octanol–water partition coefficient (Wildman–Crippen LogP) is 2.46. The van der Waals surface area contributed by atoms with Gasteiger partial charge in [0.2, 0.25) is 5.95 Å². The summed E-state index contributed by atoms with van der Waals surface area (Å²) in [6.07, 6.45) is 0. The van der Waals surface area contributed by atoms with Crippen LogP contribution in [0, 0.1) is 18.7 Å². The number of aliphatic hydroxyl groups excluding tert-OH is 2. The quantitative estimate of drug-likeness (QED) is 0.474. The number of anilines is 2. The summed E-state index contributed by atoms with van der Waals surface area (Å²) < 4.78 is 16.1. The first kappa shape index (κ1) is 23.6. The molecule has 3 N–H and O–H groups in total. The van der Waals surface area contributed by atoms with Crippen molar-refractivity contribution in [3.05, 3.63) is 85.4 Å². The first-order chi connectivity index (χ1) is 15.2. The molecule has 10 heteroatoms. The van der Waals surface area contributed by atoms with Crippen LogP contribution in [0.15, 0.2) is 52.1 Å². The topological polar surface area (TPSA) is 109 Å². The molecule has 0 saturated heterocycles. The zero-order chi connectivity index (χ0) is 23.4. The Kier molecular flexibility index (Phi) is 7.44. The Morgan fingerprint density at radius 3 is 2.38 bits per heavy atom. The van der Waals surface area contributed by atoms with Gasteiger partial charge in [-0.1, -0.05) is 29.8 Å². The Labute approximate surface area is 188 Å². The number of nitrogens with zero attached hydrogens (tertiary/aromatic N) is 3. The second-order valence-electron chi connectivity index (χ2n) is 7.54. The van der Waals surface area contributed by atoms with Crippen LogP contribution in [0.1, 0.15) is 24.1 Å². The summed E-state index contributed by atoms with van der Waals surface area (Å²) in [7, 11) is 0. The highest BCUT2D eigenvalue weighted by atomic mass is 35.5. The summed E-state index contributed by atoms with van der Waals surface area (Å²) in [4.78, 5) is 30.1. The van der Waals surface area contributed by atoms with Crippen LogP contribution in [-0.4, -0.2) is 37.5 Å². The molecular weight excluding hydrogens is 439 g/mol. The molecule has 1 atom stereocenters. The molecule has 0 amide bonds. The fourth-order valence-corrected chi connectivity index (χ4v) is 3.37. The lowest BCUT2D eigenvalue weighted by molar-refractivity contribution is 0.111. The van der Waals surface area contributed by atoms with Gasteiger partial charge in [-0.2, -0.15) is 4.98 Å². The number of aryl methyl sites for hydroxylation is 1. The van der Waals surface area contributed by atoms with Crippen LogP contribution in [0.3, 0.4) is 0 Å². The highest BCUT2D eigenvalue weighted by Crippen LogP contribution is 2.19. The van der Waals surface area contributed by atoms with Crippen LogP contribution in [0.25, 0.3) is 0 Å². The third-order valence-corrected chi connectivity index (χ3v) is 5.59. The number of aromatic nitrogens is 3. The highest BCUT2D eigenvalue weighted by Gasteiger charge is 2.24. The average molecular weight is 463 g/mol. The van der Waals surface area contributed by atoms with Crippen molar-refractivity contribution in [3.8, 4) is 0 Å². The van der Waals surface area contributed by atoms with Gasteiger partial charge in [0.15, 0.2) is 0 Å². The van der Waals surface area contributed by atoms with E-state index in [0.717, 1.165) is 10.1 Å². The van der Waals surface area contributed by atoms with E-state index in [0.29, 0.717) is 16.3 Å². The normalized spacial score (nSPS) is 12.2. The third-order valence-electron chi connectivity index (χ3n) is 5.34. The summed E-state index contributed by atoms with van der Waals surface area (Å²) in [5.41, 5.74) is -0.0505. The number of hydrogen-bond donors (Lipinski definition) is 3. The number of benzene rings is 2. The van der Waals surface area contributed by atoms with E-state index in [1.807, 2.05) is 0 Å². The molecule has 1 heterocycles. The maximum absolute atomic E-state index is 14.0. The fourth-order valence-electron chi connectivity index (χ4n) is 3.24. The summed E-state index contributed by atoms with van der Waals surface area (Å²) in [6, 6.07) is 10.4. The van der Waals surface area contributed by atoms with E-state index in [4.69, 9.17) is 11.6 Å². The van der Waals surface area contributed by atoms with Gasteiger partial charge in [0.1, 0.15) is 5.82 Å². The fraction of sp³-hybridized carbons (Fsp3) is 0.318. The maximum atomic E-state index is 14.0. The van der Waals surface area contributed by atoms with Gasteiger partial charge in [-0.05, 0) is 49.2 Å². The standard InChI is InChI=1S/C22H24ClFN4O4/c1-13-3-8-18(9-19(13)24)25-20-26-21(31)28(14(2)16(11-29)12-30)22(32)27(20)10-15-4-6-17(23)7-5-15/h3-9,14,16,29-30H,10-12H2,1-2H3,(H,25,26,31). The van der Waals surface area contributed by atoms with Gasteiger partial charge >= 0.3 is 11.4 Å². The van der Waals surface area contributed by atoms with Gasteiger partial charge in [-0.15, -0.1) is 0 Å². The second-order valence-corrected chi connectivity index (χ2v) is 7.97. The maximum Gasteiger partial charge on any atom is 0.355 e. The van der Waals surface area contributed by atoms with E-state index in [1.54, 1.807) is 50.2 Å². The molecule has 8 nitrogen and oxygen atoms in total. The van der Waals surface area contributed by atoms with Gasteiger partial charge in [0.25, 0.3) is 0 Å². The Bertz CT molecular complexity index is 1210. The zero-order valence-electron chi connectivity index (χ0n) is 17.6. The van der Waals surface area contributed by atoms with Gasteiger partial charge < -0.3 is 15.5 Å². The van der Waals surface area contributed by atoms with Gasteiger partial charge in [0.05, 0.1) is 19.8 Å². The predicted molar refractivity (Wildman–Crippen MR) is 120 cm³/mol. The molecule has 3 aromatic rings. The van der Waals surface area contributed by atoms with Gasteiger partial charge in [-0.25, -0.2) is 18.5 Å². The third kappa shape index (κ3) is 5.07. The molecule has 0 aliphatic carbocycles. The number of hydrogen-bond acceptors (Lipinski definition) is 6. The molecule has 1 aromatic heterocycles. The Balaban J connectivity index is 2.14. The average Bonchev–Trinajstić information content (AvgIpc) is 2.75.